The first-order valence-electron chi connectivity index (χ1n) is 5.11. The topological polar surface area (TPSA) is 43.4 Å². The molecule has 4 heteroatoms. The second kappa shape index (κ2) is 4.78. The Morgan fingerprint density at radius 3 is 2.25 bits per heavy atom. The monoisotopic (exact) mass is 282 g/mol. The van der Waals surface area contributed by atoms with Gasteiger partial charge in [-0.05, 0) is 25.0 Å². The van der Waals surface area contributed by atoms with Crippen LogP contribution >= 0.6 is 15.9 Å². The van der Waals surface area contributed by atoms with Crippen molar-refractivity contribution in [3.63, 3.8) is 0 Å². The number of alkyl halides is 1. The Kier molecular flexibility index (Phi) is 3.39. The van der Waals surface area contributed by atoms with E-state index >= 15 is 0 Å². The van der Waals surface area contributed by atoms with Gasteiger partial charge < -0.3 is 4.74 Å². The minimum Gasteiger partial charge on any atom is -0.459 e. The fraction of sp³-hybridized carbons (Fsp3) is 0.333. The molecular formula is C12H11BrO3. The van der Waals surface area contributed by atoms with Gasteiger partial charge in [0.15, 0.2) is 5.78 Å². The molecule has 0 bridgehead atoms. The van der Waals surface area contributed by atoms with E-state index in [2.05, 4.69) is 15.9 Å². The van der Waals surface area contributed by atoms with Gasteiger partial charge in [0, 0.05) is 5.56 Å². The van der Waals surface area contributed by atoms with Gasteiger partial charge in [-0.2, -0.15) is 0 Å². The number of rotatable bonds is 4. The van der Waals surface area contributed by atoms with Crippen LogP contribution in [0.15, 0.2) is 24.3 Å². The van der Waals surface area contributed by atoms with Crippen molar-refractivity contribution in [3.8, 4) is 0 Å². The maximum Gasteiger partial charge on any atom is 0.338 e. The highest BCUT2D eigenvalue weighted by atomic mass is 79.9. The van der Waals surface area contributed by atoms with Crippen LogP contribution in [-0.4, -0.2) is 23.2 Å². The summed E-state index contributed by atoms with van der Waals surface area (Å²) < 4.78 is 5.14. The minimum atomic E-state index is -0.305. The van der Waals surface area contributed by atoms with Gasteiger partial charge in [0.05, 0.1) is 10.9 Å². The van der Waals surface area contributed by atoms with Crippen LogP contribution in [0.2, 0.25) is 0 Å². The van der Waals surface area contributed by atoms with Crippen molar-refractivity contribution >= 4 is 27.7 Å². The molecule has 0 aliphatic heterocycles. The zero-order valence-electron chi connectivity index (χ0n) is 8.61. The SMILES string of the molecule is O=C(CBr)c1ccc(C(=O)OC2CC2)cc1. The molecule has 84 valence electrons. The molecule has 1 aliphatic carbocycles. The number of benzene rings is 1. The highest BCUT2D eigenvalue weighted by Gasteiger charge is 2.26. The molecule has 0 spiro atoms. The zero-order valence-corrected chi connectivity index (χ0v) is 10.2. The number of hydrogen-bond donors (Lipinski definition) is 0. The molecule has 3 nitrogen and oxygen atoms in total. The third-order valence-electron chi connectivity index (χ3n) is 2.36. The molecule has 0 unspecified atom stereocenters. The normalized spacial score (nSPS) is 14.6. The van der Waals surface area contributed by atoms with Crippen LogP contribution in [0.5, 0.6) is 0 Å². The highest BCUT2D eigenvalue weighted by molar-refractivity contribution is 9.09. The van der Waals surface area contributed by atoms with Crippen molar-refractivity contribution in [3.05, 3.63) is 35.4 Å². The number of esters is 1. The first-order valence-corrected chi connectivity index (χ1v) is 6.23. The van der Waals surface area contributed by atoms with Crippen molar-refractivity contribution in [1.29, 1.82) is 0 Å². The quantitative estimate of drug-likeness (QED) is 0.484. The van der Waals surface area contributed by atoms with E-state index in [1.165, 1.54) is 0 Å². The first kappa shape index (κ1) is 11.3. The summed E-state index contributed by atoms with van der Waals surface area (Å²) in [6.07, 6.45) is 2.04. The fourth-order valence-corrected chi connectivity index (χ4v) is 1.60. The third kappa shape index (κ3) is 2.70. The zero-order chi connectivity index (χ0) is 11.5. The number of hydrogen-bond acceptors (Lipinski definition) is 3. The van der Waals surface area contributed by atoms with Gasteiger partial charge in [0.25, 0.3) is 0 Å². The van der Waals surface area contributed by atoms with Crippen LogP contribution in [-0.2, 0) is 4.74 Å². The fourth-order valence-electron chi connectivity index (χ4n) is 1.27. The molecular weight excluding hydrogens is 272 g/mol. The van der Waals surface area contributed by atoms with Gasteiger partial charge >= 0.3 is 5.97 Å². The largest absolute Gasteiger partial charge is 0.459 e. The lowest BCUT2D eigenvalue weighted by Crippen LogP contribution is -2.07. The first-order chi connectivity index (χ1) is 7.70. The second-order valence-electron chi connectivity index (χ2n) is 3.74. The van der Waals surface area contributed by atoms with Crippen molar-refractivity contribution in [2.24, 2.45) is 0 Å². The van der Waals surface area contributed by atoms with E-state index in [1.807, 2.05) is 0 Å². The Labute approximate surface area is 102 Å². The number of carbonyl (C=O) groups is 2. The summed E-state index contributed by atoms with van der Waals surface area (Å²) in [5.41, 5.74) is 1.10. The van der Waals surface area contributed by atoms with Gasteiger partial charge in [-0.15, -0.1) is 0 Å². The van der Waals surface area contributed by atoms with E-state index in [1.54, 1.807) is 24.3 Å². The molecule has 1 saturated carbocycles. The highest BCUT2D eigenvalue weighted by Crippen LogP contribution is 2.24. The predicted octanol–water partition coefficient (Wildman–Crippen LogP) is 2.58. The van der Waals surface area contributed by atoms with Crippen molar-refractivity contribution in [1.82, 2.24) is 0 Å². The molecule has 1 fully saturated rings. The Hall–Kier alpha value is -1.16. The third-order valence-corrected chi connectivity index (χ3v) is 2.87. The Bertz CT molecular complexity index is 407. The number of Topliss-reactive ketones (excluding diaryl/α,β-unsaturated/α-hetero) is 1. The van der Waals surface area contributed by atoms with Crippen LogP contribution in [0.1, 0.15) is 33.6 Å². The summed E-state index contributed by atoms with van der Waals surface area (Å²) in [7, 11) is 0. The Balaban J connectivity index is 2.05. The van der Waals surface area contributed by atoms with Crippen LogP contribution in [0.4, 0.5) is 0 Å². The van der Waals surface area contributed by atoms with Crippen molar-refractivity contribution < 1.29 is 14.3 Å². The van der Waals surface area contributed by atoms with E-state index in [9.17, 15) is 9.59 Å². The summed E-state index contributed by atoms with van der Waals surface area (Å²) >= 11 is 3.10. The molecule has 0 radical (unpaired) electrons. The minimum absolute atomic E-state index is 0.00195. The summed E-state index contributed by atoms with van der Waals surface area (Å²) in [5.74, 6) is -0.303. The molecule has 0 heterocycles. The molecule has 2 rings (SSSR count). The molecule has 0 saturated heterocycles. The molecule has 0 N–H and O–H groups in total. The smallest absolute Gasteiger partial charge is 0.338 e. The summed E-state index contributed by atoms with van der Waals surface area (Å²) in [5, 5.41) is 0.291. The molecule has 16 heavy (non-hydrogen) atoms. The summed E-state index contributed by atoms with van der Waals surface area (Å²) in [6, 6.07) is 6.54. The second-order valence-corrected chi connectivity index (χ2v) is 4.30. The van der Waals surface area contributed by atoms with Crippen molar-refractivity contribution in [2.45, 2.75) is 18.9 Å². The van der Waals surface area contributed by atoms with E-state index in [0.717, 1.165) is 12.8 Å². The van der Waals surface area contributed by atoms with E-state index in [-0.39, 0.29) is 17.9 Å². The predicted molar refractivity (Wildman–Crippen MR) is 63.0 cm³/mol. The van der Waals surface area contributed by atoms with Crippen LogP contribution in [0.3, 0.4) is 0 Å². The maximum atomic E-state index is 11.5. The van der Waals surface area contributed by atoms with Gasteiger partial charge in [-0.3, -0.25) is 4.79 Å². The van der Waals surface area contributed by atoms with Crippen LogP contribution in [0.25, 0.3) is 0 Å². The summed E-state index contributed by atoms with van der Waals surface area (Å²) in [4.78, 5) is 22.8. The van der Waals surface area contributed by atoms with Crippen LogP contribution < -0.4 is 0 Å². The molecule has 0 amide bonds. The van der Waals surface area contributed by atoms with Gasteiger partial charge in [-0.1, -0.05) is 28.1 Å². The van der Waals surface area contributed by atoms with E-state index < -0.39 is 0 Å². The van der Waals surface area contributed by atoms with Gasteiger partial charge in [0.2, 0.25) is 0 Å². The molecule has 1 aromatic rings. The summed E-state index contributed by atoms with van der Waals surface area (Å²) in [6.45, 7) is 0. The molecule has 0 atom stereocenters. The van der Waals surface area contributed by atoms with Crippen LogP contribution in [0, 0.1) is 0 Å². The van der Waals surface area contributed by atoms with E-state index in [0.29, 0.717) is 16.5 Å². The average Bonchev–Trinajstić information content (AvgIpc) is 3.12. The van der Waals surface area contributed by atoms with Gasteiger partial charge in [0.1, 0.15) is 6.10 Å². The lowest BCUT2D eigenvalue weighted by Gasteiger charge is -2.03. The number of ether oxygens (including phenoxy) is 1. The maximum absolute atomic E-state index is 11.5. The molecule has 1 aliphatic rings. The lowest BCUT2D eigenvalue weighted by molar-refractivity contribution is 0.0472. The number of ketones is 1. The standard InChI is InChI=1S/C12H11BrO3/c13-7-11(14)8-1-3-9(4-2-8)12(15)16-10-5-6-10/h1-4,10H,5-7H2. The molecule has 1 aromatic carbocycles. The van der Waals surface area contributed by atoms with Crippen molar-refractivity contribution in [2.75, 3.05) is 5.33 Å². The number of halogens is 1. The van der Waals surface area contributed by atoms with Gasteiger partial charge in [-0.25, -0.2) is 4.79 Å². The Morgan fingerprint density at radius 2 is 1.75 bits per heavy atom. The Morgan fingerprint density at radius 1 is 1.19 bits per heavy atom. The van der Waals surface area contributed by atoms with E-state index in [4.69, 9.17) is 4.74 Å². The lowest BCUT2D eigenvalue weighted by atomic mass is 10.1. The average molecular weight is 283 g/mol. The number of carbonyl (C=O) groups excluding carboxylic acids is 2. The molecule has 0 aromatic heterocycles.